The number of nitrogens with zero attached hydrogens (tertiary/aromatic N) is 5. The number of piperazine rings is 1. The molecule has 34 heavy (non-hydrogen) atoms. The Bertz CT molecular complexity index is 1090. The minimum atomic E-state index is -0.551. The Morgan fingerprint density at radius 1 is 1.26 bits per heavy atom. The molecule has 2 unspecified atom stereocenters. The summed E-state index contributed by atoms with van der Waals surface area (Å²) in [5.41, 5.74) is 2.45. The van der Waals surface area contributed by atoms with Crippen molar-refractivity contribution in [1.82, 2.24) is 35.1 Å². The molecule has 2 saturated heterocycles. The number of H-pyrrole nitrogens is 2. The number of hydrogen-bond donors (Lipinski definition) is 3. The molecular weight excluding hydrogens is 432 g/mol. The van der Waals surface area contributed by atoms with Gasteiger partial charge < -0.3 is 15.1 Å². The van der Waals surface area contributed by atoms with Crippen LogP contribution in [0.15, 0.2) is 6.07 Å². The maximum absolute atomic E-state index is 13.7. The van der Waals surface area contributed by atoms with E-state index in [1.165, 1.54) is 6.42 Å². The van der Waals surface area contributed by atoms with Crippen LogP contribution in [0.25, 0.3) is 0 Å². The van der Waals surface area contributed by atoms with Crippen molar-refractivity contribution in [1.29, 1.82) is 0 Å². The summed E-state index contributed by atoms with van der Waals surface area (Å²) in [6, 6.07) is 2.49. The van der Waals surface area contributed by atoms with Gasteiger partial charge >= 0.3 is 6.03 Å². The number of anilines is 1. The lowest BCUT2D eigenvalue weighted by Crippen LogP contribution is -2.60. The Labute approximate surface area is 200 Å². The normalized spacial score (nSPS) is 24.7. The zero-order valence-corrected chi connectivity index (χ0v) is 20.8. The van der Waals surface area contributed by atoms with E-state index < -0.39 is 5.54 Å². The minimum absolute atomic E-state index is 0.0522. The van der Waals surface area contributed by atoms with Crippen molar-refractivity contribution in [3.63, 3.8) is 0 Å². The third-order valence-electron chi connectivity index (χ3n) is 8.09. The second kappa shape index (κ2) is 8.41. The summed E-state index contributed by atoms with van der Waals surface area (Å²) < 4.78 is 0. The zero-order chi connectivity index (χ0) is 24.2. The number of nitrogens with one attached hydrogen (secondary N) is 3. The second-order valence-electron chi connectivity index (χ2n) is 10.6. The fourth-order valence-corrected chi connectivity index (χ4v) is 5.63. The van der Waals surface area contributed by atoms with Crippen molar-refractivity contribution in [3.05, 3.63) is 28.7 Å². The molecule has 3 aliphatic heterocycles. The smallest absolute Gasteiger partial charge is 0.319 e. The van der Waals surface area contributed by atoms with Gasteiger partial charge in [-0.25, -0.2) is 4.79 Å². The molecule has 5 rings (SSSR count). The summed E-state index contributed by atoms with van der Waals surface area (Å²) in [7, 11) is 0. The molecule has 3 atom stereocenters. The molecule has 0 aromatic carbocycles. The van der Waals surface area contributed by atoms with Gasteiger partial charge in [0.1, 0.15) is 0 Å². The fourth-order valence-electron chi connectivity index (χ4n) is 5.63. The van der Waals surface area contributed by atoms with Crippen LogP contribution in [0.4, 0.5) is 10.6 Å². The Hall–Kier alpha value is -2.88. The number of carbonyl (C=O) groups excluding carboxylic acids is 2. The monoisotopic (exact) mass is 468 g/mol. The van der Waals surface area contributed by atoms with E-state index in [1.807, 2.05) is 23.6 Å². The van der Waals surface area contributed by atoms with E-state index in [4.69, 9.17) is 0 Å². The van der Waals surface area contributed by atoms with Gasteiger partial charge in [-0.15, -0.1) is 0 Å². The first-order valence-electron chi connectivity index (χ1n) is 12.5. The van der Waals surface area contributed by atoms with Gasteiger partial charge in [0.25, 0.3) is 5.91 Å². The van der Waals surface area contributed by atoms with E-state index in [2.05, 4.69) is 51.4 Å². The first kappa shape index (κ1) is 22.9. The predicted octanol–water partition coefficient (Wildman–Crippen LogP) is 3.24. The molecule has 0 bridgehead atoms. The lowest BCUT2D eigenvalue weighted by atomic mass is 10.0. The third-order valence-corrected chi connectivity index (χ3v) is 8.09. The molecule has 0 saturated carbocycles. The van der Waals surface area contributed by atoms with E-state index in [-0.39, 0.29) is 18.0 Å². The molecule has 2 aromatic heterocycles. The van der Waals surface area contributed by atoms with Gasteiger partial charge in [0, 0.05) is 36.4 Å². The first-order valence-corrected chi connectivity index (χ1v) is 12.5. The summed E-state index contributed by atoms with van der Waals surface area (Å²) in [4.78, 5) is 33.1. The molecule has 2 aromatic rings. The number of hydrogen-bond acceptors (Lipinski definition) is 5. The summed E-state index contributed by atoms with van der Waals surface area (Å²) in [5, 5.41) is 17.5. The molecule has 2 fully saturated rings. The number of fused-ring (bicyclic) bond motifs is 2. The lowest BCUT2D eigenvalue weighted by molar-refractivity contribution is 0.0454. The van der Waals surface area contributed by atoms with Crippen LogP contribution in [-0.2, 0) is 12.1 Å². The molecule has 0 radical (unpaired) electrons. The predicted molar refractivity (Wildman–Crippen MR) is 129 cm³/mol. The van der Waals surface area contributed by atoms with E-state index >= 15 is 0 Å². The zero-order valence-electron chi connectivity index (χ0n) is 20.8. The number of carbonyl (C=O) groups is 2. The van der Waals surface area contributed by atoms with Gasteiger partial charge in [-0.05, 0) is 58.6 Å². The largest absolute Gasteiger partial charge is 0.321 e. The molecular formula is C24H36N8O2. The second-order valence-corrected chi connectivity index (χ2v) is 10.6. The molecule has 3 N–H and O–H groups in total. The number of urea groups is 1. The molecule has 5 heterocycles. The molecule has 184 valence electrons. The Morgan fingerprint density at radius 2 is 2.06 bits per heavy atom. The van der Waals surface area contributed by atoms with E-state index in [0.29, 0.717) is 30.0 Å². The maximum atomic E-state index is 13.7. The summed E-state index contributed by atoms with van der Waals surface area (Å²) >= 11 is 0. The lowest BCUT2D eigenvalue weighted by Gasteiger charge is -2.45. The van der Waals surface area contributed by atoms with E-state index in [9.17, 15) is 9.59 Å². The molecule has 10 heteroatoms. The molecule has 3 aliphatic rings. The van der Waals surface area contributed by atoms with Crippen molar-refractivity contribution in [3.8, 4) is 0 Å². The van der Waals surface area contributed by atoms with Gasteiger partial charge in [-0.3, -0.25) is 19.9 Å². The van der Waals surface area contributed by atoms with Crippen molar-refractivity contribution in [2.24, 2.45) is 0 Å². The van der Waals surface area contributed by atoms with Crippen molar-refractivity contribution in [2.45, 2.75) is 84.0 Å². The molecule has 3 amide bonds. The molecule has 0 aliphatic carbocycles. The van der Waals surface area contributed by atoms with Crippen LogP contribution in [0, 0.1) is 0 Å². The quantitative estimate of drug-likeness (QED) is 0.638. The molecule has 10 nitrogen and oxygen atoms in total. The molecule has 0 spiro atoms. The fraction of sp³-hybridized carbons (Fsp3) is 0.667. The number of amides is 3. The van der Waals surface area contributed by atoms with Crippen LogP contribution in [0.1, 0.15) is 87.2 Å². The third kappa shape index (κ3) is 3.68. The Kier molecular flexibility index (Phi) is 5.66. The van der Waals surface area contributed by atoms with Crippen molar-refractivity contribution >= 4 is 17.8 Å². The van der Waals surface area contributed by atoms with Gasteiger partial charge in [0.15, 0.2) is 11.5 Å². The average molecular weight is 469 g/mol. The highest BCUT2D eigenvalue weighted by molar-refractivity contribution is 6.03. The van der Waals surface area contributed by atoms with Crippen molar-refractivity contribution in [2.75, 3.05) is 25.0 Å². The SMILES string of the molecule is CCC(C)c1cc(C(=O)Nc2n[nH]c3c2CN(C(=O)N2C[C@@H]4CCCN4CC2C)C3(C)C)n[nH]1. The van der Waals surface area contributed by atoms with Crippen LogP contribution < -0.4 is 5.32 Å². The number of rotatable bonds is 4. The van der Waals surface area contributed by atoms with Gasteiger partial charge in [0.05, 0.1) is 17.8 Å². The van der Waals surface area contributed by atoms with Crippen LogP contribution in [0.3, 0.4) is 0 Å². The highest BCUT2D eigenvalue weighted by atomic mass is 16.2. The van der Waals surface area contributed by atoms with Crippen molar-refractivity contribution < 1.29 is 9.59 Å². The Morgan fingerprint density at radius 3 is 2.82 bits per heavy atom. The highest BCUT2D eigenvalue weighted by Gasteiger charge is 2.47. The standard InChI is InChI=1S/C24H36N8O2/c1-6-14(2)18-10-19(27-26-18)22(33)25-21-17-13-32(24(4,5)20(17)28-29-21)23(34)31-12-16-8-7-9-30(16)11-15(31)3/h10,14-16H,6-9,11-13H2,1-5H3,(H,26,27)(H2,25,28,29,33)/t14?,15?,16-/m0/s1. The average Bonchev–Trinajstić information content (AvgIpc) is 3.58. The minimum Gasteiger partial charge on any atom is -0.319 e. The van der Waals surface area contributed by atoms with Gasteiger partial charge in [-0.2, -0.15) is 10.2 Å². The topological polar surface area (TPSA) is 113 Å². The van der Waals surface area contributed by atoms with Gasteiger partial charge in [-0.1, -0.05) is 13.8 Å². The van der Waals surface area contributed by atoms with Crippen LogP contribution >= 0.6 is 0 Å². The van der Waals surface area contributed by atoms with Gasteiger partial charge in [0.2, 0.25) is 0 Å². The van der Waals surface area contributed by atoms with Crippen LogP contribution in [0.5, 0.6) is 0 Å². The number of aromatic nitrogens is 4. The Balaban J connectivity index is 1.32. The summed E-state index contributed by atoms with van der Waals surface area (Å²) in [6.45, 7) is 13.6. The van der Waals surface area contributed by atoms with E-state index in [0.717, 1.165) is 49.4 Å². The summed E-state index contributed by atoms with van der Waals surface area (Å²) in [5.74, 6) is 0.455. The summed E-state index contributed by atoms with van der Waals surface area (Å²) in [6.07, 6.45) is 3.33. The van der Waals surface area contributed by atoms with Crippen LogP contribution in [-0.4, -0.2) is 78.8 Å². The first-order chi connectivity index (χ1) is 16.2. The highest BCUT2D eigenvalue weighted by Crippen LogP contribution is 2.41. The van der Waals surface area contributed by atoms with E-state index in [1.54, 1.807) is 6.07 Å². The number of aromatic amines is 2. The maximum Gasteiger partial charge on any atom is 0.321 e. The van der Waals surface area contributed by atoms with Crippen LogP contribution in [0.2, 0.25) is 0 Å².